The summed E-state index contributed by atoms with van der Waals surface area (Å²) in [6, 6.07) is 10.1. The molecule has 4 nitrogen and oxygen atoms in total. The van der Waals surface area contributed by atoms with Gasteiger partial charge in [-0.1, -0.05) is 18.6 Å². The number of carbonyl (C=O) groups excluding carboxylic acids is 1. The molecule has 112 valence electrons. The van der Waals surface area contributed by atoms with E-state index in [2.05, 4.69) is 10.8 Å². The second kappa shape index (κ2) is 7.68. The summed E-state index contributed by atoms with van der Waals surface area (Å²) in [7, 11) is 1.40. The Balaban J connectivity index is 1.90. The lowest BCUT2D eigenvalue weighted by Gasteiger charge is -2.27. The third-order valence-corrected chi connectivity index (χ3v) is 3.92. The van der Waals surface area contributed by atoms with Crippen molar-refractivity contribution in [3.63, 3.8) is 0 Å². The molecule has 0 N–H and O–H groups in total. The van der Waals surface area contributed by atoms with E-state index in [1.54, 1.807) is 0 Å². The van der Waals surface area contributed by atoms with Crippen molar-refractivity contribution in [3.8, 4) is 11.8 Å². The van der Waals surface area contributed by atoms with Crippen molar-refractivity contribution >= 4 is 5.97 Å². The van der Waals surface area contributed by atoms with Crippen LogP contribution < -0.4 is 4.74 Å². The first-order chi connectivity index (χ1) is 10.2. The van der Waals surface area contributed by atoms with E-state index in [-0.39, 0.29) is 18.0 Å². The largest absolute Gasteiger partial charge is 0.489 e. The number of nitriles is 1. The third kappa shape index (κ3) is 4.49. The molecule has 0 bridgehead atoms. The van der Waals surface area contributed by atoms with Crippen molar-refractivity contribution in [2.24, 2.45) is 5.92 Å². The van der Waals surface area contributed by atoms with E-state index in [4.69, 9.17) is 10.00 Å². The Kier molecular flexibility index (Phi) is 5.62. The van der Waals surface area contributed by atoms with E-state index in [1.807, 2.05) is 24.3 Å². The molecule has 0 aromatic heterocycles. The maximum atomic E-state index is 11.1. The summed E-state index contributed by atoms with van der Waals surface area (Å²) in [5.74, 6) is 0.594. The molecule has 0 heterocycles. The molecule has 1 saturated carbocycles. The molecule has 2 atom stereocenters. The van der Waals surface area contributed by atoms with E-state index < -0.39 is 0 Å². The predicted molar refractivity (Wildman–Crippen MR) is 78.8 cm³/mol. The average Bonchev–Trinajstić information content (AvgIpc) is 2.54. The molecule has 2 unspecified atom stereocenters. The first-order valence-electron chi connectivity index (χ1n) is 7.45. The highest BCUT2D eigenvalue weighted by Crippen LogP contribution is 2.28. The molecular weight excluding hydrogens is 266 g/mol. The highest BCUT2D eigenvalue weighted by molar-refractivity contribution is 5.69. The molecule has 21 heavy (non-hydrogen) atoms. The maximum absolute atomic E-state index is 11.1. The normalized spacial score (nSPS) is 21.3. The van der Waals surface area contributed by atoms with Gasteiger partial charge in [0, 0.05) is 6.42 Å². The fourth-order valence-corrected chi connectivity index (χ4v) is 2.64. The van der Waals surface area contributed by atoms with Gasteiger partial charge in [-0.25, -0.2) is 0 Å². The molecular formula is C17H21NO3. The summed E-state index contributed by atoms with van der Waals surface area (Å²) in [5.41, 5.74) is 1.08. The SMILES string of the molecule is COC(=O)CCc1ccc(OC2CCCCC2C#N)cc1. The number of esters is 1. The highest BCUT2D eigenvalue weighted by Gasteiger charge is 2.26. The van der Waals surface area contributed by atoms with Crippen molar-refractivity contribution in [3.05, 3.63) is 29.8 Å². The summed E-state index contributed by atoms with van der Waals surface area (Å²) in [5, 5.41) is 9.16. The number of ether oxygens (including phenoxy) is 2. The molecule has 1 aliphatic rings. The summed E-state index contributed by atoms with van der Waals surface area (Å²) < 4.78 is 10.6. The highest BCUT2D eigenvalue weighted by atomic mass is 16.5. The number of benzene rings is 1. The third-order valence-electron chi connectivity index (χ3n) is 3.92. The zero-order valence-electron chi connectivity index (χ0n) is 12.4. The number of methoxy groups -OCH3 is 1. The Morgan fingerprint density at radius 3 is 2.67 bits per heavy atom. The maximum Gasteiger partial charge on any atom is 0.305 e. The fourth-order valence-electron chi connectivity index (χ4n) is 2.64. The van der Waals surface area contributed by atoms with Crippen LogP contribution in [-0.4, -0.2) is 19.2 Å². The second-order valence-corrected chi connectivity index (χ2v) is 5.40. The number of hydrogen-bond donors (Lipinski definition) is 0. The van der Waals surface area contributed by atoms with Gasteiger partial charge in [0.1, 0.15) is 11.9 Å². The summed E-state index contributed by atoms with van der Waals surface area (Å²) in [6.07, 6.45) is 5.17. The van der Waals surface area contributed by atoms with Crippen LogP contribution in [0, 0.1) is 17.2 Å². The fraction of sp³-hybridized carbons (Fsp3) is 0.529. The lowest BCUT2D eigenvalue weighted by atomic mass is 9.87. The topological polar surface area (TPSA) is 59.3 Å². The zero-order chi connectivity index (χ0) is 15.1. The van der Waals surface area contributed by atoms with Gasteiger partial charge in [0.2, 0.25) is 0 Å². The first kappa shape index (κ1) is 15.4. The van der Waals surface area contributed by atoms with Gasteiger partial charge in [0.15, 0.2) is 0 Å². The number of hydrogen-bond acceptors (Lipinski definition) is 4. The van der Waals surface area contributed by atoms with Gasteiger partial charge in [-0.2, -0.15) is 5.26 Å². The van der Waals surface area contributed by atoms with Gasteiger partial charge in [-0.05, 0) is 43.4 Å². The van der Waals surface area contributed by atoms with Gasteiger partial charge in [-0.3, -0.25) is 4.79 Å². The van der Waals surface area contributed by atoms with Crippen LogP contribution in [-0.2, 0) is 16.0 Å². The minimum Gasteiger partial charge on any atom is -0.489 e. The Morgan fingerprint density at radius 2 is 2.00 bits per heavy atom. The molecule has 0 radical (unpaired) electrons. The predicted octanol–water partition coefficient (Wildman–Crippen LogP) is 3.25. The van der Waals surface area contributed by atoms with Crippen LogP contribution >= 0.6 is 0 Å². The van der Waals surface area contributed by atoms with Gasteiger partial charge < -0.3 is 9.47 Å². The van der Waals surface area contributed by atoms with Crippen LogP contribution in [0.2, 0.25) is 0 Å². The van der Waals surface area contributed by atoms with Crippen LogP contribution in [0.3, 0.4) is 0 Å². The standard InChI is InChI=1S/C17H21NO3/c1-20-17(19)11-8-13-6-9-15(10-7-13)21-16-5-3-2-4-14(16)12-18/h6-7,9-10,14,16H,2-5,8,11H2,1H3. The zero-order valence-corrected chi connectivity index (χ0v) is 12.4. The molecule has 2 rings (SSSR count). The monoisotopic (exact) mass is 287 g/mol. The summed E-state index contributed by atoms with van der Waals surface area (Å²) in [6.45, 7) is 0. The van der Waals surface area contributed by atoms with Crippen molar-refractivity contribution in [2.45, 2.75) is 44.6 Å². The van der Waals surface area contributed by atoms with Gasteiger partial charge in [-0.15, -0.1) is 0 Å². The molecule has 1 fully saturated rings. The van der Waals surface area contributed by atoms with Crippen LogP contribution in [0.5, 0.6) is 5.75 Å². The molecule has 0 spiro atoms. The number of rotatable bonds is 5. The lowest BCUT2D eigenvalue weighted by Crippen LogP contribution is -2.29. The summed E-state index contributed by atoms with van der Waals surface area (Å²) in [4.78, 5) is 11.1. The van der Waals surface area contributed by atoms with Gasteiger partial charge in [0.05, 0.1) is 19.1 Å². The Labute approximate surface area is 125 Å². The number of nitrogens with zero attached hydrogens (tertiary/aromatic N) is 1. The molecule has 0 saturated heterocycles. The van der Waals surface area contributed by atoms with Crippen LogP contribution in [0.15, 0.2) is 24.3 Å². The van der Waals surface area contributed by atoms with Gasteiger partial charge >= 0.3 is 5.97 Å². The van der Waals surface area contributed by atoms with Crippen molar-refractivity contribution in [1.29, 1.82) is 5.26 Å². The molecule has 1 aromatic carbocycles. The Bertz CT molecular complexity index is 504. The van der Waals surface area contributed by atoms with Crippen LogP contribution in [0.4, 0.5) is 0 Å². The van der Waals surface area contributed by atoms with Gasteiger partial charge in [0.25, 0.3) is 0 Å². The van der Waals surface area contributed by atoms with Crippen molar-refractivity contribution in [1.82, 2.24) is 0 Å². The van der Waals surface area contributed by atoms with E-state index >= 15 is 0 Å². The Hall–Kier alpha value is -2.02. The molecule has 0 amide bonds. The van der Waals surface area contributed by atoms with E-state index in [1.165, 1.54) is 7.11 Å². The quantitative estimate of drug-likeness (QED) is 0.780. The summed E-state index contributed by atoms with van der Waals surface area (Å²) >= 11 is 0. The van der Waals surface area contributed by atoms with Crippen LogP contribution in [0.25, 0.3) is 0 Å². The van der Waals surface area contributed by atoms with Crippen molar-refractivity contribution < 1.29 is 14.3 Å². The first-order valence-corrected chi connectivity index (χ1v) is 7.45. The lowest BCUT2D eigenvalue weighted by molar-refractivity contribution is -0.140. The number of carbonyl (C=O) groups is 1. The van der Waals surface area contributed by atoms with E-state index in [0.29, 0.717) is 12.8 Å². The molecule has 1 aromatic rings. The average molecular weight is 287 g/mol. The van der Waals surface area contributed by atoms with Crippen molar-refractivity contribution in [2.75, 3.05) is 7.11 Å². The van der Waals surface area contributed by atoms with E-state index in [0.717, 1.165) is 37.0 Å². The number of aryl methyl sites for hydroxylation is 1. The molecule has 0 aliphatic heterocycles. The van der Waals surface area contributed by atoms with E-state index in [9.17, 15) is 4.79 Å². The molecule has 4 heteroatoms. The molecule has 1 aliphatic carbocycles. The minimum atomic E-state index is -0.200. The van der Waals surface area contributed by atoms with Crippen LogP contribution in [0.1, 0.15) is 37.7 Å². The second-order valence-electron chi connectivity index (χ2n) is 5.40. The Morgan fingerprint density at radius 1 is 1.29 bits per heavy atom. The smallest absolute Gasteiger partial charge is 0.305 e. The minimum absolute atomic E-state index is 0.00208.